The summed E-state index contributed by atoms with van der Waals surface area (Å²) in [5.74, 6) is 0.435. The van der Waals surface area contributed by atoms with Crippen LogP contribution in [0.2, 0.25) is 0 Å². The van der Waals surface area contributed by atoms with Gasteiger partial charge in [0.25, 0.3) is 5.22 Å². The van der Waals surface area contributed by atoms with Crippen molar-refractivity contribution in [1.82, 2.24) is 15.5 Å². The summed E-state index contributed by atoms with van der Waals surface area (Å²) in [7, 11) is 0. The van der Waals surface area contributed by atoms with E-state index in [1.807, 2.05) is 68.4 Å². The first kappa shape index (κ1) is 20.1. The molecule has 0 aliphatic rings. The second kappa shape index (κ2) is 9.55. The third-order valence-electron chi connectivity index (χ3n) is 4.52. The van der Waals surface area contributed by atoms with E-state index in [0.29, 0.717) is 11.1 Å². The van der Waals surface area contributed by atoms with E-state index < -0.39 is 0 Å². The van der Waals surface area contributed by atoms with Crippen molar-refractivity contribution in [3.63, 3.8) is 0 Å². The van der Waals surface area contributed by atoms with E-state index >= 15 is 0 Å². The summed E-state index contributed by atoms with van der Waals surface area (Å²) in [6.07, 6.45) is 1.88. The minimum Gasteiger partial charge on any atom is -0.411 e. The number of aromatic nitrogens is 2. The standard InChI is InChI=1S/C22H25N3O2S/c1-4-10-19(17-12-6-5-7-13-17)23-20(26)16(3)28-22-25-24-21(27-22)18-14-9-8-11-15(18)2/h5-9,11-14,16,19H,4,10H2,1-3H3,(H,23,26)/t16-,19+/m1/s1. The van der Waals surface area contributed by atoms with Crippen LogP contribution in [0, 0.1) is 6.92 Å². The van der Waals surface area contributed by atoms with Crippen molar-refractivity contribution in [1.29, 1.82) is 0 Å². The second-order valence-corrected chi connectivity index (χ2v) is 8.00. The number of benzene rings is 2. The van der Waals surface area contributed by atoms with Crippen LogP contribution in [0.25, 0.3) is 11.5 Å². The summed E-state index contributed by atoms with van der Waals surface area (Å²) in [4.78, 5) is 12.7. The molecule has 2 atom stereocenters. The number of nitrogens with zero attached hydrogens (tertiary/aromatic N) is 2. The summed E-state index contributed by atoms with van der Waals surface area (Å²) >= 11 is 1.28. The zero-order valence-electron chi connectivity index (χ0n) is 16.4. The van der Waals surface area contributed by atoms with Crippen LogP contribution >= 0.6 is 11.8 Å². The average molecular weight is 396 g/mol. The van der Waals surface area contributed by atoms with E-state index in [-0.39, 0.29) is 17.2 Å². The van der Waals surface area contributed by atoms with Crippen molar-refractivity contribution in [3.05, 3.63) is 65.7 Å². The molecule has 0 unspecified atom stereocenters. The molecular weight excluding hydrogens is 370 g/mol. The fourth-order valence-corrected chi connectivity index (χ4v) is 3.66. The van der Waals surface area contributed by atoms with Crippen LogP contribution in [0.5, 0.6) is 0 Å². The minimum absolute atomic E-state index is 0.00645. The molecule has 1 N–H and O–H groups in total. The first-order valence-electron chi connectivity index (χ1n) is 9.50. The normalized spacial score (nSPS) is 13.1. The Morgan fingerprint density at radius 2 is 1.82 bits per heavy atom. The van der Waals surface area contributed by atoms with Gasteiger partial charge in [-0.2, -0.15) is 0 Å². The Kier molecular flexibility index (Phi) is 6.87. The number of thioether (sulfide) groups is 1. The topological polar surface area (TPSA) is 68.0 Å². The van der Waals surface area contributed by atoms with Crippen molar-refractivity contribution in [2.24, 2.45) is 0 Å². The van der Waals surface area contributed by atoms with Crippen molar-refractivity contribution in [2.75, 3.05) is 0 Å². The van der Waals surface area contributed by atoms with Gasteiger partial charge in [0.05, 0.1) is 11.3 Å². The van der Waals surface area contributed by atoms with Crippen LogP contribution in [0.4, 0.5) is 0 Å². The third kappa shape index (κ3) is 5.01. The largest absolute Gasteiger partial charge is 0.411 e. The van der Waals surface area contributed by atoms with E-state index in [1.54, 1.807) is 0 Å². The molecule has 1 aromatic heterocycles. The molecule has 0 fully saturated rings. The van der Waals surface area contributed by atoms with E-state index in [9.17, 15) is 4.79 Å². The van der Waals surface area contributed by atoms with Crippen LogP contribution in [-0.4, -0.2) is 21.4 Å². The molecular formula is C22H25N3O2S. The molecule has 1 heterocycles. The minimum atomic E-state index is -0.340. The number of hydrogen-bond donors (Lipinski definition) is 1. The van der Waals surface area contributed by atoms with Gasteiger partial charge in [0.1, 0.15) is 0 Å². The highest BCUT2D eigenvalue weighted by Crippen LogP contribution is 2.28. The lowest BCUT2D eigenvalue weighted by Gasteiger charge is -2.20. The highest BCUT2D eigenvalue weighted by molar-refractivity contribution is 8.00. The third-order valence-corrected chi connectivity index (χ3v) is 5.46. The predicted octanol–water partition coefficient (Wildman–Crippen LogP) is 5.18. The molecule has 6 heteroatoms. The SMILES string of the molecule is CCC[C@H](NC(=O)[C@@H](C)Sc1nnc(-c2ccccc2C)o1)c1ccccc1. The number of carbonyl (C=O) groups is 1. The van der Waals surface area contributed by atoms with Crippen LogP contribution in [0.15, 0.2) is 64.2 Å². The Morgan fingerprint density at radius 3 is 2.54 bits per heavy atom. The van der Waals surface area contributed by atoms with Gasteiger partial charge in [-0.25, -0.2) is 0 Å². The van der Waals surface area contributed by atoms with Crippen LogP contribution in [0.1, 0.15) is 43.9 Å². The van der Waals surface area contributed by atoms with E-state index in [4.69, 9.17) is 4.42 Å². The highest BCUT2D eigenvalue weighted by Gasteiger charge is 2.22. The quantitative estimate of drug-likeness (QED) is 0.532. The molecule has 0 saturated heterocycles. The predicted molar refractivity (Wildman–Crippen MR) is 112 cm³/mol. The Hall–Kier alpha value is -2.60. The summed E-state index contributed by atoms with van der Waals surface area (Å²) in [5.41, 5.74) is 3.10. The van der Waals surface area contributed by atoms with Gasteiger partial charge in [-0.3, -0.25) is 4.79 Å². The number of nitrogens with one attached hydrogen (secondary N) is 1. The van der Waals surface area contributed by atoms with Crippen molar-refractivity contribution >= 4 is 17.7 Å². The zero-order chi connectivity index (χ0) is 19.9. The van der Waals surface area contributed by atoms with E-state index in [2.05, 4.69) is 22.4 Å². The average Bonchev–Trinajstić information content (AvgIpc) is 3.16. The summed E-state index contributed by atoms with van der Waals surface area (Å²) < 4.78 is 5.77. The summed E-state index contributed by atoms with van der Waals surface area (Å²) in [5, 5.41) is 11.4. The Bertz CT molecular complexity index is 911. The first-order valence-corrected chi connectivity index (χ1v) is 10.4. The van der Waals surface area contributed by atoms with Crippen LogP contribution < -0.4 is 5.32 Å². The monoisotopic (exact) mass is 395 g/mol. The fraction of sp³-hybridized carbons (Fsp3) is 0.318. The molecule has 0 bridgehead atoms. The van der Waals surface area contributed by atoms with Gasteiger partial charge in [0.15, 0.2) is 0 Å². The lowest BCUT2D eigenvalue weighted by molar-refractivity contribution is -0.121. The molecule has 1 amide bonds. The number of hydrogen-bond acceptors (Lipinski definition) is 5. The van der Waals surface area contributed by atoms with Gasteiger partial charge in [-0.15, -0.1) is 10.2 Å². The van der Waals surface area contributed by atoms with Gasteiger partial charge < -0.3 is 9.73 Å². The van der Waals surface area contributed by atoms with Crippen molar-refractivity contribution < 1.29 is 9.21 Å². The number of amides is 1. The smallest absolute Gasteiger partial charge is 0.277 e. The molecule has 146 valence electrons. The maximum absolute atomic E-state index is 12.7. The maximum Gasteiger partial charge on any atom is 0.277 e. The van der Waals surface area contributed by atoms with Crippen molar-refractivity contribution in [2.45, 2.75) is 50.1 Å². The van der Waals surface area contributed by atoms with E-state index in [1.165, 1.54) is 11.8 Å². The number of carbonyl (C=O) groups excluding carboxylic acids is 1. The summed E-state index contributed by atoms with van der Waals surface area (Å²) in [6.45, 7) is 5.97. The zero-order valence-corrected chi connectivity index (χ0v) is 17.2. The first-order chi connectivity index (χ1) is 13.6. The molecule has 0 radical (unpaired) electrons. The van der Waals surface area contributed by atoms with E-state index in [0.717, 1.165) is 29.5 Å². The van der Waals surface area contributed by atoms with Gasteiger partial charge >= 0.3 is 0 Å². The molecule has 28 heavy (non-hydrogen) atoms. The van der Waals surface area contributed by atoms with Gasteiger partial charge in [-0.1, -0.05) is 73.6 Å². The van der Waals surface area contributed by atoms with Gasteiger partial charge in [0, 0.05) is 5.56 Å². The van der Waals surface area contributed by atoms with Crippen LogP contribution in [-0.2, 0) is 4.79 Å². The lowest BCUT2D eigenvalue weighted by Crippen LogP contribution is -2.34. The molecule has 0 aliphatic heterocycles. The molecule has 3 rings (SSSR count). The maximum atomic E-state index is 12.7. The molecule has 0 saturated carbocycles. The Labute approximate surface area is 170 Å². The lowest BCUT2D eigenvalue weighted by atomic mass is 10.0. The summed E-state index contributed by atoms with van der Waals surface area (Å²) in [6, 6.07) is 17.9. The van der Waals surface area contributed by atoms with Crippen molar-refractivity contribution in [3.8, 4) is 11.5 Å². The molecule has 2 aromatic carbocycles. The molecule has 0 aliphatic carbocycles. The molecule has 0 spiro atoms. The molecule has 3 aromatic rings. The fourth-order valence-electron chi connectivity index (χ4n) is 2.97. The second-order valence-electron chi connectivity index (χ2n) is 6.71. The Morgan fingerprint density at radius 1 is 1.11 bits per heavy atom. The van der Waals surface area contributed by atoms with Gasteiger partial charge in [-0.05, 0) is 37.5 Å². The Balaban J connectivity index is 1.65. The number of aryl methyl sites for hydroxylation is 1. The number of rotatable bonds is 8. The van der Waals surface area contributed by atoms with Crippen LogP contribution in [0.3, 0.4) is 0 Å². The highest BCUT2D eigenvalue weighted by atomic mass is 32.2. The van der Waals surface area contributed by atoms with Gasteiger partial charge in [0.2, 0.25) is 11.8 Å². The molecule has 5 nitrogen and oxygen atoms in total.